The number of aliphatic hydroxyl groups excluding tert-OH is 2. The molecule has 37 heavy (non-hydrogen) atoms. The highest BCUT2D eigenvalue weighted by Gasteiger charge is 2.43. The van der Waals surface area contributed by atoms with E-state index in [0.29, 0.717) is 0 Å². The Labute approximate surface area is 211 Å². The van der Waals surface area contributed by atoms with Gasteiger partial charge in [0.05, 0.1) is 35.9 Å². The van der Waals surface area contributed by atoms with Gasteiger partial charge in [-0.3, -0.25) is 14.4 Å². The number of rotatable bonds is 8. The molecule has 0 heterocycles. The molecule has 4 rings (SSSR count). The number of phenolic OH excluding ortho intramolecular Hbond substituents is 2. The van der Waals surface area contributed by atoms with Crippen molar-refractivity contribution in [2.75, 3.05) is 20.5 Å². The minimum absolute atomic E-state index is 0.00669. The van der Waals surface area contributed by atoms with Gasteiger partial charge in [-0.2, -0.15) is 0 Å². The highest BCUT2D eigenvalue weighted by Crippen LogP contribution is 2.51. The van der Waals surface area contributed by atoms with Crippen molar-refractivity contribution in [3.05, 3.63) is 63.6 Å². The summed E-state index contributed by atoms with van der Waals surface area (Å²) in [4.78, 5) is 39.3. The van der Waals surface area contributed by atoms with Gasteiger partial charge in [-0.25, -0.2) is 0 Å². The van der Waals surface area contributed by atoms with Crippen LogP contribution in [0.4, 0.5) is 0 Å². The van der Waals surface area contributed by atoms with Crippen LogP contribution in [0.2, 0.25) is 0 Å². The number of Topliss-reactive ketones (excluding diaryl/α,β-unsaturated/α-hetero) is 1. The quantitative estimate of drug-likeness (QED) is 0.128. The molecular weight excluding hydrogens is 486 g/mol. The van der Waals surface area contributed by atoms with Crippen LogP contribution in [0.15, 0.2) is 30.2 Å². The number of carbonyl (C=O) groups is 3. The molecule has 0 amide bonds. The molecule has 2 aliphatic rings. The number of nitrogens with two attached hydrogens (primary N) is 1. The third-order valence-electron chi connectivity index (χ3n) is 6.65. The fourth-order valence-corrected chi connectivity index (χ4v) is 4.75. The van der Waals surface area contributed by atoms with Gasteiger partial charge in [0, 0.05) is 22.6 Å². The summed E-state index contributed by atoms with van der Waals surface area (Å²) in [6.07, 6.45) is -0.180. The van der Waals surface area contributed by atoms with E-state index < -0.39 is 65.9 Å². The topological polar surface area (TPSA) is 186 Å². The zero-order chi connectivity index (χ0) is 27.0. The summed E-state index contributed by atoms with van der Waals surface area (Å²) in [7, 11) is 1.34. The first kappa shape index (κ1) is 26.1. The Morgan fingerprint density at radius 3 is 2.51 bits per heavy atom. The normalized spacial score (nSPS) is 19.5. The van der Waals surface area contributed by atoms with E-state index >= 15 is 0 Å². The third kappa shape index (κ3) is 4.41. The molecular formula is C26H27NO10. The van der Waals surface area contributed by atoms with E-state index in [9.17, 15) is 34.8 Å². The van der Waals surface area contributed by atoms with Crippen molar-refractivity contribution in [1.82, 2.24) is 0 Å². The highest BCUT2D eigenvalue weighted by atomic mass is 16.7. The highest BCUT2D eigenvalue weighted by molar-refractivity contribution is 6.31. The fraction of sp³-hybridized carbons (Fsp3) is 0.346. The molecule has 0 spiro atoms. The number of ether oxygens (including phenoxy) is 3. The van der Waals surface area contributed by atoms with E-state index in [0.717, 1.165) is 6.26 Å². The smallest absolute Gasteiger partial charge is 0.202 e. The number of ketones is 3. The standard InChI is InChI=1S/C26H27NO10/c1-11(27)16(30)9-36-10-37-18-7-12(15(29)8-28)6-14-20(18)26(34)22-21(24(14)32)23(31)13-4-3-5-17(35-2)19(13)25(22)33/h3-5,9,11-12,18,28,30,32,34H,6-8,10,27H2,1-2H3/b16-9+. The van der Waals surface area contributed by atoms with E-state index in [1.807, 2.05) is 0 Å². The first-order valence-electron chi connectivity index (χ1n) is 11.5. The Balaban J connectivity index is 1.83. The van der Waals surface area contributed by atoms with Gasteiger partial charge in [-0.15, -0.1) is 0 Å². The van der Waals surface area contributed by atoms with Crippen LogP contribution in [-0.4, -0.2) is 64.3 Å². The summed E-state index contributed by atoms with van der Waals surface area (Å²) in [5.74, 6) is -3.95. The number of carbonyl (C=O) groups excluding carboxylic acids is 3. The lowest BCUT2D eigenvalue weighted by Gasteiger charge is -2.34. The molecule has 11 nitrogen and oxygen atoms in total. The first-order chi connectivity index (χ1) is 17.6. The van der Waals surface area contributed by atoms with Crippen LogP contribution in [0.5, 0.6) is 17.2 Å². The molecule has 2 aliphatic carbocycles. The summed E-state index contributed by atoms with van der Waals surface area (Å²) < 4.78 is 16.1. The SMILES string of the molecule is COc1cccc2c1C(=O)c1c(O)c3c(c(O)c1C2=O)CC(C(=O)CO)CC3OCO/C=C(/O)C(C)N. The van der Waals surface area contributed by atoms with Gasteiger partial charge < -0.3 is 40.4 Å². The molecule has 0 saturated heterocycles. The average Bonchev–Trinajstić information content (AvgIpc) is 2.89. The number of benzene rings is 2. The number of aliphatic hydroxyl groups is 2. The minimum Gasteiger partial charge on any atom is -0.507 e. The van der Waals surface area contributed by atoms with Crippen molar-refractivity contribution in [1.29, 1.82) is 0 Å². The maximum Gasteiger partial charge on any atom is 0.202 e. The largest absolute Gasteiger partial charge is 0.507 e. The molecule has 0 saturated carbocycles. The molecule has 0 aliphatic heterocycles. The van der Waals surface area contributed by atoms with Gasteiger partial charge in [0.1, 0.15) is 35.9 Å². The second kappa shape index (κ2) is 10.2. The van der Waals surface area contributed by atoms with Crippen molar-refractivity contribution in [3.8, 4) is 17.2 Å². The van der Waals surface area contributed by atoms with Gasteiger partial charge >= 0.3 is 0 Å². The van der Waals surface area contributed by atoms with Crippen LogP contribution in [0.1, 0.15) is 62.4 Å². The minimum atomic E-state index is -1.06. The number of methoxy groups -OCH3 is 1. The second-order valence-corrected chi connectivity index (χ2v) is 8.91. The molecule has 6 N–H and O–H groups in total. The Morgan fingerprint density at radius 1 is 1.16 bits per heavy atom. The Kier molecular flexibility index (Phi) is 7.21. The lowest BCUT2D eigenvalue weighted by atomic mass is 9.73. The summed E-state index contributed by atoms with van der Waals surface area (Å²) in [6, 6.07) is 3.77. The zero-order valence-electron chi connectivity index (χ0n) is 20.2. The number of fused-ring (bicyclic) bond motifs is 3. The first-order valence-corrected chi connectivity index (χ1v) is 11.5. The van der Waals surface area contributed by atoms with E-state index in [2.05, 4.69) is 0 Å². The van der Waals surface area contributed by atoms with Gasteiger partial charge in [0.2, 0.25) is 5.78 Å². The predicted molar refractivity (Wildman–Crippen MR) is 128 cm³/mol. The molecule has 3 atom stereocenters. The maximum atomic E-state index is 13.5. The number of phenols is 2. The summed E-state index contributed by atoms with van der Waals surface area (Å²) in [6.45, 7) is 0.339. The van der Waals surface area contributed by atoms with Crippen LogP contribution < -0.4 is 10.5 Å². The molecule has 0 bridgehead atoms. The third-order valence-corrected chi connectivity index (χ3v) is 6.65. The van der Waals surface area contributed by atoms with Crippen LogP contribution in [-0.2, 0) is 20.7 Å². The maximum absolute atomic E-state index is 13.5. The zero-order valence-corrected chi connectivity index (χ0v) is 20.2. The van der Waals surface area contributed by atoms with Crippen LogP contribution in [0.3, 0.4) is 0 Å². The number of aromatic hydroxyl groups is 2. The van der Waals surface area contributed by atoms with Crippen molar-refractivity contribution in [2.45, 2.75) is 31.9 Å². The molecule has 0 radical (unpaired) electrons. The van der Waals surface area contributed by atoms with Crippen molar-refractivity contribution in [2.24, 2.45) is 11.7 Å². The van der Waals surface area contributed by atoms with Crippen molar-refractivity contribution >= 4 is 17.3 Å². The number of hydrogen-bond donors (Lipinski definition) is 5. The molecule has 2 aromatic carbocycles. The van der Waals surface area contributed by atoms with Crippen molar-refractivity contribution < 1.29 is 49.0 Å². The van der Waals surface area contributed by atoms with E-state index in [1.54, 1.807) is 0 Å². The van der Waals surface area contributed by atoms with E-state index in [-0.39, 0.29) is 52.2 Å². The number of hydrogen-bond acceptors (Lipinski definition) is 11. The van der Waals surface area contributed by atoms with Crippen LogP contribution >= 0.6 is 0 Å². The predicted octanol–water partition coefficient (Wildman–Crippen LogP) is 1.78. The summed E-state index contributed by atoms with van der Waals surface area (Å²) >= 11 is 0. The second-order valence-electron chi connectivity index (χ2n) is 8.91. The Morgan fingerprint density at radius 2 is 1.86 bits per heavy atom. The Hall–Kier alpha value is -3.93. The lowest BCUT2D eigenvalue weighted by Crippen LogP contribution is -2.31. The molecule has 3 unspecified atom stereocenters. The summed E-state index contributed by atoms with van der Waals surface area (Å²) in [5.41, 5.74) is 4.82. The molecule has 2 aromatic rings. The van der Waals surface area contributed by atoms with Crippen LogP contribution in [0, 0.1) is 5.92 Å². The molecule has 11 heteroatoms. The van der Waals surface area contributed by atoms with E-state index in [4.69, 9.17) is 19.9 Å². The summed E-state index contributed by atoms with van der Waals surface area (Å²) in [5, 5.41) is 41.6. The van der Waals surface area contributed by atoms with Crippen LogP contribution in [0.25, 0.3) is 0 Å². The molecule has 0 aromatic heterocycles. The molecule has 196 valence electrons. The van der Waals surface area contributed by atoms with Gasteiger partial charge in [0.25, 0.3) is 0 Å². The van der Waals surface area contributed by atoms with Gasteiger partial charge in [-0.1, -0.05) is 12.1 Å². The Bertz CT molecular complexity index is 1310. The monoisotopic (exact) mass is 513 g/mol. The van der Waals surface area contributed by atoms with Gasteiger partial charge in [-0.05, 0) is 25.8 Å². The fourth-order valence-electron chi connectivity index (χ4n) is 4.75. The van der Waals surface area contributed by atoms with E-state index in [1.165, 1.54) is 32.2 Å². The lowest BCUT2D eigenvalue weighted by molar-refractivity contribution is -0.129. The van der Waals surface area contributed by atoms with Gasteiger partial charge in [0.15, 0.2) is 18.4 Å². The average molecular weight is 513 g/mol. The van der Waals surface area contributed by atoms with Crippen molar-refractivity contribution in [3.63, 3.8) is 0 Å². The molecule has 0 fully saturated rings.